The molecule has 0 fully saturated rings. The van der Waals surface area contributed by atoms with Crippen LogP contribution in [0.25, 0.3) is 50.1 Å². The minimum atomic E-state index is -0.528. The van der Waals surface area contributed by atoms with E-state index in [9.17, 15) is 0 Å². The summed E-state index contributed by atoms with van der Waals surface area (Å²) in [6.07, 6.45) is 0. The summed E-state index contributed by atoms with van der Waals surface area (Å²) in [7, 11) is 0. The van der Waals surface area contributed by atoms with E-state index in [2.05, 4.69) is 254 Å². The van der Waals surface area contributed by atoms with Crippen LogP contribution in [-0.4, -0.2) is 0 Å². The van der Waals surface area contributed by atoms with Crippen LogP contribution in [0.4, 0.5) is 17.1 Å². The molecule has 310 valence electrons. The number of rotatable bonds is 7. The normalized spacial score (nSPS) is 14.1. The van der Waals surface area contributed by atoms with Gasteiger partial charge in [0.1, 0.15) is 0 Å². The second-order valence-electron chi connectivity index (χ2n) is 18.2. The molecule has 3 aliphatic carbocycles. The van der Waals surface area contributed by atoms with Crippen LogP contribution in [0.5, 0.6) is 0 Å². The molecule has 0 unspecified atom stereocenters. The van der Waals surface area contributed by atoms with Crippen LogP contribution in [0.2, 0.25) is 0 Å². The maximum atomic E-state index is 4.95. The average Bonchev–Trinajstić information content (AvgIpc) is 3.96. The SMILES string of the molecule is C=C1c2cc(N(c3cccc(-c4ccccc4)c3)c3ccc4c(c3)C(c3ccccc3)(c3ccccc3)c3ccccc3-4)ccc2-c2cccc(C3(C)c4ccccc4-c4ccccc43)c21. The Morgan fingerprint density at radius 3 is 1.42 bits per heavy atom. The Hall–Kier alpha value is -8.26. The number of hydrogen-bond donors (Lipinski definition) is 0. The minimum absolute atomic E-state index is 0.345. The summed E-state index contributed by atoms with van der Waals surface area (Å²) < 4.78 is 0. The fourth-order valence-electron chi connectivity index (χ4n) is 12.0. The Bertz CT molecular complexity index is 3480. The Labute approximate surface area is 387 Å². The molecule has 10 aromatic carbocycles. The van der Waals surface area contributed by atoms with Gasteiger partial charge in [-0.15, -0.1) is 0 Å². The van der Waals surface area contributed by atoms with Gasteiger partial charge in [0.05, 0.1) is 5.41 Å². The van der Waals surface area contributed by atoms with Gasteiger partial charge in [0, 0.05) is 22.5 Å². The van der Waals surface area contributed by atoms with E-state index >= 15 is 0 Å². The summed E-state index contributed by atoms with van der Waals surface area (Å²) in [4.78, 5) is 2.46. The molecule has 13 rings (SSSR count). The molecule has 1 heteroatoms. The van der Waals surface area contributed by atoms with Crippen LogP contribution in [-0.2, 0) is 10.8 Å². The first-order valence-electron chi connectivity index (χ1n) is 23.0. The molecule has 0 heterocycles. The maximum absolute atomic E-state index is 4.95. The van der Waals surface area contributed by atoms with Crippen LogP contribution in [0.1, 0.15) is 57.0 Å². The van der Waals surface area contributed by atoms with Gasteiger partial charge in [-0.2, -0.15) is 0 Å². The molecule has 0 saturated carbocycles. The van der Waals surface area contributed by atoms with E-state index in [1.165, 1.54) is 94.6 Å². The number of nitrogens with zero attached hydrogens (tertiary/aromatic N) is 1. The summed E-state index contributed by atoms with van der Waals surface area (Å²) in [5.41, 5.74) is 24.9. The van der Waals surface area contributed by atoms with E-state index in [1.807, 2.05) is 0 Å². The molecule has 1 nitrogen and oxygen atoms in total. The van der Waals surface area contributed by atoms with Crippen LogP contribution < -0.4 is 4.90 Å². The Kier molecular flexibility index (Phi) is 8.48. The highest BCUT2D eigenvalue weighted by atomic mass is 15.1. The Balaban J connectivity index is 1.01. The molecule has 0 aromatic heterocycles. The molecule has 10 aromatic rings. The lowest BCUT2D eigenvalue weighted by atomic mass is 9.67. The topological polar surface area (TPSA) is 3.24 Å². The summed E-state index contributed by atoms with van der Waals surface area (Å²) in [6.45, 7) is 7.36. The second-order valence-corrected chi connectivity index (χ2v) is 18.2. The largest absolute Gasteiger partial charge is 0.310 e. The fourth-order valence-corrected chi connectivity index (χ4v) is 12.0. The second kappa shape index (κ2) is 14.6. The maximum Gasteiger partial charge on any atom is 0.0714 e. The first kappa shape index (κ1) is 38.2. The molecular weight excluding hydrogens is 795 g/mol. The van der Waals surface area contributed by atoms with Crippen molar-refractivity contribution in [1.29, 1.82) is 0 Å². The summed E-state index contributed by atoms with van der Waals surface area (Å²) in [5.74, 6) is 0. The Morgan fingerprint density at radius 2 is 0.773 bits per heavy atom. The van der Waals surface area contributed by atoms with Gasteiger partial charge in [-0.05, 0) is 143 Å². The molecule has 66 heavy (non-hydrogen) atoms. The standard InChI is InChI=1S/C65H45N/c1-43-57-41-49(36-38-51(57)56-31-19-35-61(63(43)56)64(2)58-32-15-12-28-52(58)53-29-13-16-33-59(53)64)66(48-27-18-22-45(40-48)44-20-6-3-7-21-44)50-37-39-55-54-30-14-17-34-60(54)65(62(55)42-50,46-23-8-4-9-24-46)47-25-10-5-11-26-47/h3-42H,1H2,2H3. The molecule has 3 aliphatic rings. The Morgan fingerprint density at radius 1 is 0.318 bits per heavy atom. The molecule has 0 spiro atoms. The average molecular weight is 840 g/mol. The van der Waals surface area contributed by atoms with E-state index in [4.69, 9.17) is 6.58 Å². The van der Waals surface area contributed by atoms with Gasteiger partial charge in [-0.3, -0.25) is 0 Å². The molecule has 0 atom stereocenters. The quantitative estimate of drug-likeness (QED) is 0.155. The number of anilines is 3. The van der Waals surface area contributed by atoms with Crippen LogP contribution >= 0.6 is 0 Å². The van der Waals surface area contributed by atoms with Gasteiger partial charge in [-0.25, -0.2) is 0 Å². The number of benzene rings is 10. The zero-order valence-electron chi connectivity index (χ0n) is 36.7. The fraction of sp³-hybridized carbons (Fsp3) is 0.0462. The summed E-state index contributed by atoms with van der Waals surface area (Å²) in [5, 5.41) is 0. The molecule has 0 N–H and O–H groups in total. The van der Waals surface area contributed by atoms with Crippen molar-refractivity contribution in [3.05, 3.63) is 299 Å². The van der Waals surface area contributed by atoms with Crippen molar-refractivity contribution < 1.29 is 0 Å². The third-order valence-electron chi connectivity index (χ3n) is 14.9. The predicted molar refractivity (Wildman–Crippen MR) is 275 cm³/mol. The van der Waals surface area contributed by atoms with Crippen molar-refractivity contribution in [3.8, 4) is 44.5 Å². The van der Waals surface area contributed by atoms with Crippen LogP contribution in [0.15, 0.2) is 249 Å². The number of hydrogen-bond acceptors (Lipinski definition) is 1. The molecule has 0 saturated heterocycles. The van der Waals surface area contributed by atoms with Crippen LogP contribution in [0, 0.1) is 0 Å². The predicted octanol–water partition coefficient (Wildman–Crippen LogP) is 16.6. The molecule has 0 bridgehead atoms. The van der Waals surface area contributed by atoms with Crippen molar-refractivity contribution in [1.82, 2.24) is 0 Å². The van der Waals surface area contributed by atoms with E-state index in [0.717, 1.165) is 22.6 Å². The van der Waals surface area contributed by atoms with Crippen molar-refractivity contribution >= 4 is 22.6 Å². The first-order valence-corrected chi connectivity index (χ1v) is 23.0. The number of fused-ring (bicyclic) bond motifs is 9. The lowest BCUT2D eigenvalue weighted by molar-refractivity contribution is 0.712. The van der Waals surface area contributed by atoms with Gasteiger partial charge in [0.25, 0.3) is 0 Å². The first-order chi connectivity index (χ1) is 32.5. The smallest absolute Gasteiger partial charge is 0.0714 e. The highest BCUT2D eigenvalue weighted by Crippen LogP contribution is 2.59. The van der Waals surface area contributed by atoms with E-state index in [0.29, 0.717) is 0 Å². The van der Waals surface area contributed by atoms with E-state index < -0.39 is 5.41 Å². The molecule has 0 aliphatic heterocycles. The summed E-state index contributed by atoms with van der Waals surface area (Å²) >= 11 is 0. The van der Waals surface area contributed by atoms with Gasteiger partial charge in [-0.1, -0.05) is 213 Å². The third-order valence-corrected chi connectivity index (χ3v) is 14.9. The highest BCUT2D eigenvalue weighted by molar-refractivity contribution is 6.04. The van der Waals surface area contributed by atoms with Crippen molar-refractivity contribution in [2.45, 2.75) is 17.8 Å². The van der Waals surface area contributed by atoms with Crippen molar-refractivity contribution in [2.24, 2.45) is 0 Å². The zero-order valence-corrected chi connectivity index (χ0v) is 36.7. The van der Waals surface area contributed by atoms with Gasteiger partial charge < -0.3 is 4.90 Å². The molecular formula is C65H45N. The lowest BCUT2D eigenvalue weighted by Gasteiger charge is -2.35. The van der Waals surface area contributed by atoms with Crippen LogP contribution in [0.3, 0.4) is 0 Å². The lowest BCUT2D eigenvalue weighted by Crippen LogP contribution is -2.28. The summed E-state index contributed by atoms with van der Waals surface area (Å²) in [6, 6.07) is 89.8. The molecule has 0 radical (unpaired) electrons. The highest BCUT2D eigenvalue weighted by Gasteiger charge is 2.47. The van der Waals surface area contributed by atoms with Gasteiger partial charge >= 0.3 is 0 Å². The third kappa shape index (κ3) is 5.35. The monoisotopic (exact) mass is 839 g/mol. The van der Waals surface area contributed by atoms with Crippen molar-refractivity contribution in [2.75, 3.05) is 4.90 Å². The van der Waals surface area contributed by atoms with Gasteiger partial charge in [0.2, 0.25) is 0 Å². The van der Waals surface area contributed by atoms with Crippen molar-refractivity contribution in [3.63, 3.8) is 0 Å². The van der Waals surface area contributed by atoms with E-state index in [-0.39, 0.29) is 5.41 Å². The zero-order chi connectivity index (χ0) is 44.0. The van der Waals surface area contributed by atoms with E-state index in [1.54, 1.807) is 0 Å². The van der Waals surface area contributed by atoms with Gasteiger partial charge in [0.15, 0.2) is 0 Å². The molecule has 0 amide bonds. The minimum Gasteiger partial charge on any atom is -0.310 e.